The zero-order valence-corrected chi connectivity index (χ0v) is 13.1. The van der Waals surface area contributed by atoms with Crippen LogP contribution in [-0.2, 0) is 10.0 Å². The van der Waals surface area contributed by atoms with E-state index < -0.39 is 15.8 Å². The molecule has 0 aromatic heterocycles. The zero-order valence-electron chi connectivity index (χ0n) is 12.3. The van der Waals surface area contributed by atoms with E-state index in [1.165, 1.54) is 23.7 Å². The molecule has 1 fully saturated rings. The number of ether oxygens (including phenoxy) is 1. The van der Waals surface area contributed by atoms with Crippen molar-refractivity contribution >= 4 is 15.7 Å². The lowest BCUT2D eigenvalue weighted by atomic mass is 9.99. The van der Waals surface area contributed by atoms with E-state index in [9.17, 15) is 12.8 Å². The van der Waals surface area contributed by atoms with Crippen LogP contribution in [0.3, 0.4) is 0 Å². The third kappa shape index (κ3) is 4.31. The number of nitrogens with one attached hydrogen (secondary N) is 1. The average Bonchev–Trinajstić information content (AvgIpc) is 2.45. The number of methoxy groups -OCH3 is 1. The summed E-state index contributed by atoms with van der Waals surface area (Å²) in [6.45, 7) is 1.73. The van der Waals surface area contributed by atoms with Gasteiger partial charge in [0.05, 0.1) is 13.4 Å². The molecule has 0 spiro atoms. The Morgan fingerprint density at radius 1 is 1.48 bits per heavy atom. The van der Waals surface area contributed by atoms with Crippen molar-refractivity contribution in [3.05, 3.63) is 24.0 Å². The highest BCUT2D eigenvalue weighted by atomic mass is 32.2. The van der Waals surface area contributed by atoms with Gasteiger partial charge in [0.15, 0.2) is 11.6 Å². The number of anilines is 1. The van der Waals surface area contributed by atoms with Crippen LogP contribution < -0.4 is 10.1 Å². The fourth-order valence-electron chi connectivity index (χ4n) is 2.53. The molecule has 0 radical (unpaired) electrons. The molecule has 1 aliphatic heterocycles. The van der Waals surface area contributed by atoms with E-state index in [0.717, 1.165) is 12.8 Å². The second kappa shape index (κ2) is 6.62. The lowest BCUT2D eigenvalue weighted by Gasteiger charge is -2.31. The van der Waals surface area contributed by atoms with Gasteiger partial charge in [-0.1, -0.05) is 0 Å². The van der Waals surface area contributed by atoms with Crippen LogP contribution in [0.5, 0.6) is 5.75 Å². The highest BCUT2D eigenvalue weighted by Gasteiger charge is 2.25. The number of halogens is 1. The van der Waals surface area contributed by atoms with Gasteiger partial charge in [0, 0.05) is 31.4 Å². The van der Waals surface area contributed by atoms with Crippen LogP contribution in [0.25, 0.3) is 0 Å². The summed E-state index contributed by atoms with van der Waals surface area (Å²) in [6.07, 6.45) is 3.07. The zero-order chi connectivity index (χ0) is 15.5. The molecule has 1 aromatic rings. The number of piperidine rings is 1. The van der Waals surface area contributed by atoms with Crippen LogP contribution in [0.4, 0.5) is 10.1 Å². The molecule has 1 unspecified atom stereocenters. The molecular weight excluding hydrogens is 295 g/mol. The third-order valence-corrected chi connectivity index (χ3v) is 4.97. The van der Waals surface area contributed by atoms with Gasteiger partial charge in [-0.25, -0.2) is 17.1 Å². The first-order valence-corrected chi connectivity index (χ1v) is 8.77. The average molecular weight is 316 g/mol. The quantitative estimate of drug-likeness (QED) is 0.901. The van der Waals surface area contributed by atoms with Crippen LogP contribution in [0.2, 0.25) is 0 Å². The standard InChI is InChI=1S/C14H21FN2O3S/c1-20-14-6-5-12(8-13(14)15)16-9-11-4-3-7-17(10-11)21(2,18)19/h5-6,8,11,16H,3-4,7,9-10H2,1-2H3. The maximum absolute atomic E-state index is 13.6. The summed E-state index contributed by atoms with van der Waals surface area (Å²) in [6, 6.07) is 4.70. The van der Waals surface area contributed by atoms with Crippen molar-refractivity contribution in [3.8, 4) is 5.75 Å². The maximum Gasteiger partial charge on any atom is 0.211 e. The Morgan fingerprint density at radius 2 is 2.24 bits per heavy atom. The van der Waals surface area contributed by atoms with Gasteiger partial charge in [0.2, 0.25) is 10.0 Å². The topological polar surface area (TPSA) is 58.6 Å². The summed E-state index contributed by atoms with van der Waals surface area (Å²) >= 11 is 0. The van der Waals surface area contributed by atoms with Crippen molar-refractivity contribution in [3.63, 3.8) is 0 Å². The number of hydrogen-bond acceptors (Lipinski definition) is 4. The summed E-state index contributed by atoms with van der Waals surface area (Å²) in [5.74, 6) is 0.0315. The third-order valence-electron chi connectivity index (χ3n) is 3.70. The van der Waals surface area contributed by atoms with Gasteiger partial charge < -0.3 is 10.1 Å². The first-order chi connectivity index (χ1) is 9.90. The number of benzene rings is 1. The SMILES string of the molecule is COc1ccc(NCC2CCCN(S(C)(=O)=O)C2)cc1F. The molecule has 1 heterocycles. The molecule has 0 amide bonds. The fraction of sp³-hybridized carbons (Fsp3) is 0.571. The molecule has 0 saturated carbocycles. The van der Waals surface area contributed by atoms with E-state index in [1.54, 1.807) is 12.1 Å². The molecule has 1 N–H and O–H groups in total. The van der Waals surface area contributed by atoms with Gasteiger partial charge >= 0.3 is 0 Å². The molecule has 1 atom stereocenters. The highest BCUT2D eigenvalue weighted by Crippen LogP contribution is 2.23. The molecule has 1 aromatic carbocycles. The first-order valence-electron chi connectivity index (χ1n) is 6.92. The minimum Gasteiger partial charge on any atom is -0.494 e. The van der Waals surface area contributed by atoms with Gasteiger partial charge in [-0.3, -0.25) is 0 Å². The normalized spacial score (nSPS) is 20.2. The Labute approximate surface area is 125 Å². The summed E-state index contributed by atoms with van der Waals surface area (Å²) in [7, 11) is -1.70. The molecular formula is C14H21FN2O3S. The molecule has 1 saturated heterocycles. The largest absolute Gasteiger partial charge is 0.494 e. The predicted molar refractivity (Wildman–Crippen MR) is 80.6 cm³/mol. The van der Waals surface area contributed by atoms with E-state index in [1.807, 2.05) is 0 Å². The summed E-state index contributed by atoms with van der Waals surface area (Å²) < 4.78 is 43.1. The molecule has 7 heteroatoms. The van der Waals surface area contributed by atoms with E-state index in [0.29, 0.717) is 25.3 Å². The second-order valence-corrected chi connectivity index (χ2v) is 7.34. The lowest BCUT2D eigenvalue weighted by molar-refractivity contribution is 0.277. The van der Waals surface area contributed by atoms with E-state index >= 15 is 0 Å². The smallest absolute Gasteiger partial charge is 0.211 e. The number of nitrogens with zero attached hydrogens (tertiary/aromatic N) is 1. The van der Waals surface area contributed by atoms with Crippen molar-refractivity contribution in [2.45, 2.75) is 12.8 Å². The Hall–Kier alpha value is -1.34. The lowest BCUT2D eigenvalue weighted by Crippen LogP contribution is -2.41. The molecule has 2 rings (SSSR count). The molecule has 1 aliphatic rings. The van der Waals surface area contributed by atoms with Crippen molar-refractivity contribution in [1.29, 1.82) is 0 Å². The molecule has 118 valence electrons. The van der Waals surface area contributed by atoms with Gasteiger partial charge in [-0.15, -0.1) is 0 Å². The van der Waals surface area contributed by atoms with Crippen LogP contribution >= 0.6 is 0 Å². The Morgan fingerprint density at radius 3 is 2.86 bits per heavy atom. The van der Waals surface area contributed by atoms with Gasteiger partial charge in [-0.2, -0.15) is 0 Å². The Kier molecular flexibility index (Phi) is 5.05. The van der Waals surface area contributed by atoms with Crippen LogP contribution in [0.15, 0.2) is 18.2 Å². The highest BCUT2D eigenvalue weighted by molar-refractivity contribution is 7.88. The van der Waals surface area contributed by atoms with E-state index in [-0.39, 0.29) is 11.7 Å². The Bertz CT molecular complexity index is 592. The number of rotatable bonds is 5. The first kappa shape index (κ1) is 16.0. The Balaban J connectivity index is 1.92. The van der Waals surface area contributed by atoms with Crippen molar-refractivity contribution < 1.29 is 17.5 Å². The molecule has 0 bridgehead atoms. The van der Waals surface area contributed by atoms with Crippen molar-refractivity contribution in [2.75, 3.05) is 38.3 Å². The minimum absolute atomic E-state index is 0.210. The second-order valence-electron chi connectivity index (χ2n) is 5.36. The van der Waals surface area contributed by atoms with E-state index in [4.69, 9.17) is 4.74 Å². The fourth-order valence-corrected chi connectivity index (χ4v) is 3.48. The van der Waals surface area contributed by atoms with Crippen LogP contribution in [0, 0.1) is 11.7 Å². The van der Waals surface area contributed by atoms with E-state index in [2.05, 4.69) is 5.32 Å². The summed E-state index contributed by atoms with van der Waals surface area (Å²) in [5, 5.41) is 3.16. The van der Waals surface area contributed by atoms with Gasteiger partial charge in [0.1, 0.15) is 0 Å². The molecule has 21 heavy (non-hydrogen) atoms. The molecule has 5 nitrogen and oxygen atoms in total. The number of sulfonamides is 1. The maximum atomic E-state index is 13.6. The minimum atomic E-state index is -3.13. The number of hydrogen-bond donors (Lipinski definition) is 1. The molecule has 0 aliphatic carbocycles. The van der Waals surface area contributed by atoms with Crippen LogP contribution in [0.1, 0.15) is 12.8 Å². The summed E-state index contributed by atoms with van der Waals surface area (Å²) in [5.41, 5.74) is 0.671. The predicted octanol–water partition coefficient (Wildman–Crippen LogP) is 1.92. The van der Waals surface area contributed by atoms with Crippen molar-refractivity contribution in [2.24, 2.45) is 5.92 Å². The van der Waals surface area contributed by atoms with Gasteiger partial charge in [-0.05, 0) is 30.9 Å². The van der Waals surface area contributed by atoms with Crippen molar-refractivity contribution in [1.82, 2.24) is 4.31 Å². The van der Waals surface area contributed by atoms with Crippen LogP contribution in [-0.4, -0.2) is 45.7 Å². The monoisotopic (exact) mass is 316 g/mol. The van der Waals surface area contributed by atoms with Gasteiger partial charge in [0.25, 0.3) is 0 Å². The summed E-state index contributed by atoms with van der Waals surface area (Å²) in [4.78, 5) is 0.